The first-order chi connectivity index (χ1) is 11.9. The molecule has 3 unspecified atom stereocenters. The highest BCUT2D eigenvalue weighted by Gasteiger charge is 2.59. The van der Waals surface area contributed by atoms with Crippen LogP contribution in [0, 0.1) is 6.23 Å². The molecule has 4 saturated heterocycles. The van der Waals surface area contributed by atoms with Crippen LogP contribution < -0.4 is 0 Å². The first kappa shape index (κ1) is 17.6. The highest BCUT2D eigenvalue weighted by atomic mass is 32.2. The van der Waals surface area contributed by atoms with Crippen LogP contribution in [0.2, 0.25) is 0 Å². The van der Waals surface area contributed by atoms with Crippen LogP contribution in [0.25, 0.3) is 0 Å². The molecule has 0 N–H and O–H groups in total. The van der Waals surface area contributed by atoms with E-state index in [1.54, 1.807) is 0 Å². The van der Waals surface area contributed by atoms with Gasteiger partial charge < -0.3 is 14.2 Å². The Hall–Kier alpha value is 0.190. The van der Waals surface area contributed by atoms with Crippen molar-refractivity contribution in [2.75, 3.05) is 38.7 Å². The second-order valence-corrected chi connectivity index (χ2v) is 8.86. The van der Waals surface area contributed by atoms with Crippen molar-refractivity contribution >= 4 is 11.8 Å². The Balaban J connectivity index is 1.64. The molecule has 4 aliphatic rings. The summed E-state index contributed by atoms with van der Waals surface area (Å²) in [6, 6.07) is 0. The number of nitrogens with zero attached hydrogens (tertiary/aromatic N) is 1. The fraction of sp³-hybridized carbons (Fsp3) is 0.947. The topological polar surface area (TPSA) is 30.9 Å². The summed E-state index contributed by atoms with van der Waals surface area (Å²) in [5, 5.41) is 0.478. The molecule has 1 radical (unpaired) electrons. The van der Waals surface area contributed by atoms with E-state index in [-0.39, 0.29) is 11.7 Å². The average Bonchev–Trinajstić information content (AvgIpc) is 2.70. The van der Waals surface area contributed by atoms with Crippen molar-refractivity contribution in [2.24, 2.45) is 0 Å². The minimum Gasteiger partial charge on any atom is -0.375 e. The van der Waals surface area contributed by atoms with Gasteiger partial charge in [-0.1, -0.05) is 12.8 Å². The zero-order chi connectivity index (χ0) is 16.2. The van der Waals surface area contributed by atoms with Gasteiger partial charge in [0.05, 0.1) is 19.3 Å². The van der Waals surface area contributed by atoms with Gasteiger partial charge >= 0.3 is 0 Å². The molecule has 0 aromatic heterocycles. The van der Waals surface area contributed by atoms with E-state index in [2.05, 4.69) is 16.7 Å². The lowest BCUT2D eigenvalue weighted by atomic mass is 9.82. The Morgan fingerprint density at radius 1 is 0.875 bits per heavy atom. The Morgan fingerprint density at radius 3 is 2.50 bits per heavy atom. The summed E-state index contributed by atoms with van der Waals surface area (Å²) in [5.41, 5.74) is -0.346. The summed E-state index contributed by atoms with van der Waals surface area (Å²) < 4.78 is 19.4. The van der Waals surface area contributed by atoms with E-state index in [1.165, 1.54) is 57.1 Å². The number of hydrogen-bond donors (Lipinski definition) is 0. The number of thioether (sulfide) groups is 1. The number of rotatable bonds is 3. The van der Waals surface area contributed by atoms with Crippen LogP contribution >= 0.6 is 11.8 Å². The van der Waals surface area contributed by atoms with Gasteiger partial charge in [0.25, 0.3) is 0 Å². The molecule has 4 aliphatic heterocycles. The largest absolute Gasteiger partial charge is 0.375 e. The lowest BCUT2D eigenvalue weighted by Gasteiger charge is -2.55. The Labute approximate surface area is 151 Å². The molecule has 4 heterocycles. The molecule has 137 valence electrons. The van der Waals surface area contributed by atoms with Crippen LogP contribution in [0.1, 0.15) is 57.8 Å². The van der Waals surface area contributed by atoms with Crippen LogP contribution in [-0.4, -0.2) is 60.5 Å². The summed E-state index contributed by atoms with van der Waals surface area (Å²) in [4.78, 5) is 2.50. The van der Waals surface area contributed by atoms with Crippen LogP contribution in [0.15, 0.2) is 0 Å². The zero-order valence-electron chi connectivity index (χ0n) is 14.8. The average molecular weight is 355 g/mol. The molecule has 0 aromatic carbocycles. The molecule has 0 aromatic rings. The molecule has 0 bridgehead atoms. The van der Waals surface area contributed by atoms with Crippen LogP contribution in [-0.2, 0) is 14.2 Å². The molecule has 3 atom stereocenters. The Kier molecular flexibility index (Phi) is 6.05. The van der Waals surface area contributed by atoms with Gasteiger partial charge in [0.15, 0.2) is 5.60 Å². The van der Waals surface area contributed by atoms with E-state index >= 15 is 0 Å². The number of hydrogen-bond acceptors (Lipinski definition) is 5. The van der Waals surface area contributed by atoms with Crippen molar-refractivity contribution in [1.82, 2.24) is 4.90 Å². The highest BCUT2D eigenvalue weighted by molar-refractivity contribution is 8.00. The van der Waals surface area contributed by atoms with Gasteiger partial charge in [0, 0.05) is 24.9 Å². The smallest absolute Gasteiger partial charge is 0.200 e. The van der Waals surface area contributed by atoms with Crippen molar-refractivity contribution < 1.29 is 14.2 Å². The second kappa shape index (κ2) is 8.26. The van der Waals surface area contributed by atoms with Gasteiger partial charge in [-0.2, -0.15) is 11.8 Å². The standard InChI is InChI=1S/C19H32NO3S/c1-4-10-20(11-5-1)18-19(23-14-13-22-18,16-8-2-6-12-21-16)17-9-3-7-15-24-17/h16-17H,1-15H2. The van der Waals surface area contributed by atoms with E-state index in [1.807, 2.05) is 0 Å². The minimum atomic E-state index is -0.346. The monoisotopic (exact) mass is 354 g/mol. The molecular formula is C19H32NO3S. The first-order valence-electron chi connectivity index (χ1n) is 10.0. The van der Waals surface area contributed by atoms with Crippen molar-refractivity contribution in [1.29, 1.82) is 0 Å². The lowest BCUT2D eigenvalue weighted by Crippen LogP contribution is -2.66. The second-order valence-electron chi connectivity index (χ2n) is 7.55. The van der Waals surface area contributed by atoms with Gasteiger partial charge in [0.2, 0.25) is 6.23 Å². The molecule has 0 saturated carbocycles. The third kappa shape index (κ3) is 3.39. The van der Waals surface area contributed by atoms with Gasteiger partial charge in [-0.05, 0) is 50.7 Å². The first-order valence-corrected chi connectivity index (χ1v) is 11.1. The summed E-state index contributed by atoms with van der Waals surface area (Å²) in [5.74, 6) is 1.25. The predicted molar refractivity (Wildman–Crippen MR) is 97.0 cm³/mol. The quantitative estimate of drug-likeness (QED) is 0.773. The molecule has 0 spiro atoms. The lowest BCUT2D eigenvalue weighted by molar-refractivity contribution is -0.243. The Morgan fingerprint density at radius 2 is 1.75 bits per heavy atom. The highest BCUT2D eigenvalue weighted by Crippen LogP contribution is 2.49. The minimum absolute atomic E-state index is 0.166. The molecule has 4 nitrogen and oxygen atoms in total. The van der Waals surface area contributed by atoms with E-state index in [0.717, 1.165) is 32.3 Å². The van der Waals surface area contributed by atoms with E-state index in [9.17, 15) is 0 Å². The SMILES string of the molecule is C1CCN([C]2OCCOC2(C2CCCCO2)C2CCCCS2)CC1. The summed E-state index contributed by atoms with van der Waals surface area (Å²) in [6.07, 6.45) is 12.6. The van der Waals surface area contributed by atoms with Crippen molar-refractivity contribution in [3.8, 4) is 0 Å². The van der Waals surface area contributed by atoms with Gasteiger partial charge in [-0.25, -0.2) is 0 Å². The molecule has 4 rings (SSSR count). The molecular weight excluding hydrogens is 322 g/mol. The van der Waals surface area contributed by atoms with Gasteiger partial charge in [-0.3, -0.25) is 4.90 Å². The molecule has 0 amide bonds. The third-order valence-electron chi connectivity index (χ3n) is 5.96. The number of likely N-dealkylation sites (tertiary alicyclic amines) is 1. The molecule has 24 heavy (non-hydrogen) atoms. The third-order valence-corrected chi connectivity index (χ3v) is 7.47. The fourth-order valence-corrected chi connectivity index (χ4v) is 6.34. The van der Waals surface area contributed by atoms with E-state index in [4.69, 9.17) is 14.2 Å². The van der Waals surface area contributed by atoms with E-state index < -0.39 is 0 Å². The summed E-state index contributed by atoms with van der Waals surface area (Å²) in [7, 11) is 0. The van der Waals surface area contributed by atoms with Crippen molar-refractivity contribution in [2.45, 2.75) is 74.7 Å². The Bertz CT molecular complexity index is 372. The molecule has 0 aliphatic carbocycles. The normalized spacial score (nSPS) is 40.5. The maximum absolute atomic E-state index is 6.66. The van der Waals surface area contributed by atoms with Crippen molar-refractivity contribution in [3.05, 3.63) is 6.23 Å². The van der Waals surface area contributed by atoms with Crippen LogP contribution in [0.5, 0.6) is 0 Å². The maximum atomic E-state index is 6.66. The van der Waals surface area contributed by atoms with Crippen molar-refractivity contribution in [3.63, 3.8) is 0 Å². The summed E-state index contributed by atoms with van der Waals surface area (Å²) >= 11 is 2.10. The van der Waals surface area contributed by atoms with Gasteiger partial charge in [-0.15, -0.1) is 0 Å². The summed E-state index contributed by atoms with van der Waals surface area (Å²) in [6.45, 7) is 4.50. The molecule has 5 heteroatoms. The van der Waals surface area contributed by atoms with E-state index in [0.29, 0.717) is 18.5 Å². The number of ether oxygens (including phenoxy) is 3. The fourth-order valence-electron chi connectivity index (χ4n) is 4.79. The number of piperidine rings is 1. The van der Waals surface area contributed by atoms with Crippen LogP contribution in [0.3, 0.4) is 0 Å². The molecule has 4 fully saturated rings. The predicted octanol–water partition coefficient (Wildman–Crippen LogP) is 3.60. The zero-order valence-corrected chi connectivity index (χ0v) is 15.7. The maximum Gasteiger partial charge on any atom is 0.200 e. The van der Waals surface area contributed by atoms with Crippen LogP contribution in [0.4, 0.5) is 0 Å². The van der Waals surface area contributed by atoms with Gasteiger partial charge in [0.1, 0.15) is 0 Å².